The Kier molecular flexibility index (Phi) is 5.33. The molecule has 0 fully saturated rings. The third kappa shape index (κ3) is 3.61. The number of aromatic nitrogens is 1. The van der Waals surface area contributed by atoms with Gasteiger partial charge in [0.1, 0.15) is 5.75 Å². The van der Waals surface area contributed by atoms with Gasteiger partial charge in [-0.15, -0.1) is 0 Å². The van der Waals surface area contributed by atoms with Crippen LogP contribution in [0.5, 0.6) is 5.75 Å². The normalized spacial score (nSPS) is 14.8. The van der Waals surface area contributed by atoms with Crippen LogP contribution in [0.3, 0.4) is 0 Å². The van der Waals surface area contributed by atoms with Gasteiger partial charge in [0.2, 0.25) is 0 Å². The molecular formula is C26H22ClN3O2. The molecule has 0 radical (unpaired) electrons. The molecule has 32 heavy (non-hydrogen) atoms. The van der Waals surface area contributed by atoms with Crippen LogP contribution in [-0.2, 0) is 6.54 Å². The fraction of sp³-hybridized carbons (Fsp3) is 0.115. The van der Waals surface area contributed by atoms with Crippen LogP contribution < -0.4 is 10.1 Å². The molecule has 0 spiro atoms. The Labute approximate surface area is 191 Å². The van der Waals surface area contributed by atoms with Gasteiger partial charge < -0.3 is 19.5 Å². The van der Waals surface area contributed by atoms with E-state index in [9.17, 15) is 4.79 Å². The van der Waals surface area contributed by atoms with Crippen molar-refractivity contribution in [3.8, 4) is 11.4 Å². The van der Waals surface area contributed by atoms with E-state index in [1.807, 2.05) is 77.8 Å². The highest BCUT2D eigenvalue weighted by molar-refractivity contribution is 6.30. The molecule has 6 heteroatoms. The van der Waals surface area contributed by atoms with Gasteiger partial charge in [0.05, 0.1) is 31.1 Å². The first-order valence-corrected chi connectivity index (χ1v) is 10.7. The molecule has 1 aromatic heterocycles. The van der Waals surface area contributed by atoms with E-state index in [2.05, 4.69) is 28.1 Å². The summed E-state index contributed by atoms with van der Waals surface area (Å²) < 4.78 is 7.58. The van der Waals surface area contributed by atoms with Gasteiger partial charge in [-0.1, -0.05) is 54.1 Å². The van der Waals surface area contributed by atoms with E-state index in [4.69, 9.17) is 16.3 Å². The Hall–Kier alpha value is -3.70. The number of anilines is 1. The maximum absolute atomic E-state index is 13.7. The Morgan fingerprint density at radius 1 is 1.00 bits per heavy atom. The number of hydrogen-bond donors (Lipinski definition) is 1. The van der Waals surface area contributed by atoms with Crippen molar-refractivity contribution in [2.75, 3.05) is 12.4 Å². The second-order valence-electron chi connectivity index (χ2n) is 7.65. The number of nitrogens with one attached hydrogen (secondary N) is 1. The number of amides is 2. The van der Waals surface area contributed by atoms with Crippen LogP contribution in [0.1, 0.15) is 22.9 Å². The molecule has 0 saturated carbocycles. The van der Waals surface area contributed by atoms with Crippen molar-refractivity contribution in [3.63, 3.8) is 0 Å². The smallest absolute Gasteiger partial charge is 0.323 e. The first-order valence-electron chi connectivity index (χ1n) is 10.4. The lowest BCUT2D eigenvalue weighted by Crippen LogP contribution is -2.38. The first kappa shape index (κ1) is 20.2. The zero-order valence-electron chi connectivity index (χ0n) is 17.5. The van der Waals surface area contributed by atoms with Crippen LogP contribution in [-0.4, -0.2) is 22.6 Å². The fourth-order valence-electron chi connectivity index (χ4n) is 4.30. The van der Waals surface area contributed by atoms with Crippen molar-refractivity contribution in [1.29, 1.82) is 0 Å². The van der Waals surface area contributed by atoms with Gasteiger partial charge in [0.15, 0.2) is 0 Å². The number of fused-ring (bicyclic) bond motifs is 3. The number of methoxy groups -OCH3 is 1. The maximum Gasteiger partial charge on any atom is 0.323 e. The van der Waals surface area contributed by atoms with E-state index >= 15 is 0 Å². The van der Waals surface area contributed by atoms with Gasteiger partial charge in [-0.05, 0) is 53.6 Å². The third-order valence-electron chi connectivity index (χ3n) is 5.74. The number of rotatable bonds is 3. The third-order valence-corrected chi connectivity index (χ3v) is 5.97. The molecule has 2 amide bonds. The molecule has 1 aliphatic rings. The van der Waals surface area contributed by atoms with E-state index in [-0.39, 0.29) is 12.1 Å². The van der Waals surface area contributed by atoms with Gasteiger partial charge in [-0.25, -0.2) is 4.79 Å². The summed E-state index contributed by atoms with van der Waals surface area (Å²) in [6.07, 6.45) is 2.04. The highest BCUT2D eigenvalue weighted by atomic mass is 35.5. The van der Waals surface area contributed by atoms with E-state index in [1.54, 1.807) is 7.11 Å². The molecule has 5 rings (SSSR count). The molecule has 1 aliphatic heterocycles. The van der Waals surface area contributed by atoms with Gasteiger partial charge >= 0.3 is 6.03 Å². The maximum atomic E-state index is 13.7. The highest BCUT2D eigenvalue weighted by Gasteiger charge is 2.33. The minimum Gasteiger partial charge on any atom is -0.495 e. The van der Waals surface area contributed by atoms with E-state index < -0.39 is 0 Å². The number of benzene rings is 3. The summed E-state index contributed by atoms with van der Waals surface area (Å²) in [6, 6.07) is 26.7. The minimum atomic E-state index is -0.328. The molecule has 160 valence electrons. The molecule has 0 aliphatic carbocycles. The van der Waals surface area contributed by atoms with Crippen LogP contribution in [0.2, 0.25) is 5.02 Å². The Bertz CT molecular complexity index is 1280. The predicted octanol–water partition coefficient (Wildman–Crippen LogP) is 6.28. The van der Waals surface area contributed by atoms with Crippen molar-refractivity contribution < 1.29 is 9.53 Å². The summed E-state index contributed by atoms with van der Waals surface area (Å²) in [7, 11) is 1.59. The average molecular weight is 444 g/mol. The predicted molar refractivity (Wildman–Crippen MR) is 127 cm³/mol. The van der Waals surface area contributed by atoms with Crippen LogP contribution in [0.25, 0.3) is 5.69 Å². The zero-order chi connectivity index (χ0) is 22.1. The number of nitrogens with zero attached hydrogens (tertiary/aromatic N) is 2. The van der Waals surface area contributed by atoms with E-state index in [1.165, 1.54) is 0 Å². The topological polar surface area (TPSA) is 46.5 Å². The molecule has 0 bridgehead atoms. The summed E-state index contributed by atoms with van der Waals surface area (Å²) in [6.45, 7) is 0.440. The quantitative estimate of drug-likeness (QED) is 0.405. The SMILES string of the molecule is COc1ccccc1NC(=O)N1Cc2ccccc2-n2cccc2[C@H]1c1cccc(Cl)c1. The summed E-state index contributed by atoms with van der Waals surface area (Å²) in [5.41, 5.74) is 4.68. The van der Waals surface area contributed by atoms with Crippen LogP contribution in [0.15, 0.2) is 91.1 Å². The van der Waals surface area contributed by atoms with Gasteiger partial charge in [0, 0.05) is 16.9 Å². The molecule has 0 unspecified atom stereocenters. The molecule has 3 aromatic carbocycles. The number of carbonyl (C=O) groups is 1. The van der Waals surface area contributed by atoms with Gasteiger partial charge in [-0.2, -0.15) is 0 Å². The lowest BCUT2D eigenvalue weighted by atomic mass is 10.0. The van der Waals surface area contributed by atoms with Gasteiger partial charge in [0.25, 0.3) is 0 Å². The van der Waals surface area contributed by atoms with Gasteiger partial charge in [-0.3, -0.25) is 0 Å². The summed E-state index contributed by atoms with van der Waals surface area (Å²) >= 11 is 6.35. The van der Waals surface area contributed by atoms with Crippen LogP contribution in [0, 0.1) is 0 Å². The lowest BCUT2D eigenvalue weighted by molar-refractivity contribution is 0.194. The molecule has 4 aromatic rings. The van der Waals surface area contributed by atoms with E-state index in [0.717, 1.165) is 22.5 Å². The standard InChI is InChI=1S/C26H22ClN3O2/c1-32-24-14-5-3-11-21(24)28-26(31)30-17-19-8-2-4-12-22(19)29-15-7-13-23(29)25(30)18-9-6-10-20(27)16-18/h2-16,25H,17H2,1H3,(H,28,31)/t25-/m1/s1. The second kappa shape index (κ2) is 8.44. The van der Waals surface area contributed by atoms with Crippen molar-refractivity contribution in [2.45, 2.75) is 12.6 Å². The zero-order valence-corrected chi connectivity index (χ0v) is 18.3. The summed E-state index contributed by atoms with van der Waals surface area (Å²) in [4.78, 5) is 15.6. The van der Waals surface area contributed by atoms with Crippen molar-refractivity contribution in [1.82, 2.24) is 9.47 Å². The highest BCUT2D eigenvalue weighted by Crippen LogP contribution is 2.38. The Balaban J connectivity index is 1.64. The van der Waals surface area contributed by atoms with Crippen molar-refractivity contribution in [3.05, 3.63) is 113 Å². The Morgan fingerprint density at radius 3 is 2.66 bits per heavy atom. The summed E-state index contributed by atoms with van der Waals surface area (Å²) in [5, 5.41) is 3.68. The average Bonchev–Trinajstić information content (AvgIpc) is 3.23. The Morgan fingerprint density at radius 2 is 1.81 bits per heavy atom. The summed E-state index contributed by atoms with van der Waals surface area (Å²) in [5.74, 6) is 0.610. The van der Waals surface area contributed by atoms with Crippen LogP contribution in [0.4, 0.5) is 10.5 Å². The molecular weight excluding hydrogens is 422 g/mol. The van der Waals surface area contributed by atoms with Crippen molar-refractivity contribution >= 4 is 23.3 Å². The van der Waals surface area contributed by atoms with Crippen molar-refractivity contribution in [2.24, 2.45) is 0 Å². The number of para-hydroxylation sites is 3. The molecule has 2 heterocycles. The largest absolute Gasteiger partial charge is 0.495 e. The molecule has 1 N–H and O–H groups in total. The lowest BCUT2D eigenvalue weighted by Gasteiger charge is -2.31. The molecule has 1 atom stereocenters. The number of carbonyl (C=O) groups excluding carboxylic acids is 1. The van der Waals surface area contributed by atoms with E-state index in [0.29, 0.717) is 23.0 Å². The molecule has 0 saturated heterocycles. The van der Waals surface area contributed by atoms with Crippen LogP contribution >= 0.6 is 11.6 Å². The first-order chi connectivity index (χ1) is 15.7. The number of hydrogen-bond acceptors (Lipinski definition) is 2. The second-order valence-corrected chi connectivity index (χ2v) is 8.08. The monoisotopic (exact) mass is 443 g/mol. The number of halogens is 1. The number of urea groups is 1. The fourth-order valence-corrected chi connectivity index (χ4v) is 4.50. The minimum absolute atomic E-state index is 0.219. The number of ether oxygens (including phenoxy) is 1. The molecule has 5 nitrogen and oxygen atoms in total.